The van der Waals surface area contributed by atoms with Gasteiger partial charge in [0, 0.05) is 23.1 Å². The van der Waals surface area contributed by atoms with Gasteiger partial charge >= 0.3 is 5.97 Å². The summed E-state index contributed by atoms with van der Waals surface area (Å²) in [5.74, 6) is 3.01. The van der Waals surface area contributed by atoms with Crippen LogP contribution in [-0.4, -0.2) is 57.4 Å². The molecule has 0 aliphatic carbocycles. The highest BCUT2D eigenvalue weighted by molar-refractivity contribution is 7.22. The van der Waals surface area contributed by atoms with Crippen LogP contribution >= 0.6 is 22.9 Å². The number of carboxylic acid groups (broad SMARTS) is 1. The number of allylic oxidation sites excluding steroid dienone is 3. The molecule has 0 saturated carbocycles. The summed E-state index contributed by atoms with van der Waals surface area (Å²) in [6.45, 7) is 0.242. The molecule has 1 atom stereocenters. The molecule has 1 aliphatic heterocycles. The van der Waals surface area contributed by atoms with Gasteiger partial charge in [-0.05, 0) is 72.2 Å². The van der Waals surface area contributed by atoms with Crippen LogP contribution in [0.3, 0.4) is 0 Å². The van der Waals surface area contributed by atoms with E-state index in [2.05, 4.69) is 25.9 Å². The van der Waals surface area contributed by atoms with E-state index in [1.54, 1.807) is 61.9 Å². The van der Waals surface area contributed by atoms with Crippen LogP contribution in [-0.2, 0) is 29.0 Å². The maximum absolute atomic E-state index is 14.0. The van der Waals surface area contributed by atoms with Gasteiger partial charge in [0.25, 0.3) is 0 Å². The number of aliphatic carboxylic acids is 1. The fraction of sp³-hybridized carbons (Fsp3) is 0.167. The first kappa shape index (κ1) is 37.8. The van der Waals surface area contributed by atoms with Gasteiger partial charge in [-0.15, -0.1) is 17.8 Å². The van der Waals surface area contributed by atoms with Crippen molar-refractivity contribution in [2.24, 2.45) is 0 Å². The Hall–Kier alpha value is -6.49. The molecule has 1 N–H and O–H groups in total. The Labute approximate surface area is 330 Å². The molecule has 56 heavy (non-hydrogen) atoms. The van der Waals surface area contributed by atoms with Gasteiger partial charge in [0.15, 0.2) is 5.82 Å². The third-order valence-corrected chi connectivity index (χ3v) is 10.1. The molecular formula is C42H32ClFN4O7S. The van der Waals surface area contributed by atoms with Gasteiger partial charge in [-0.3, -0.25) is 0 Å². The number of terminal acetylenes is 1. The van der Waals surface area contributed by atoms with Gasteiger partial charge in [-0.25, -0.2) is 29.1 Å². The number of hydrogen-bond donors (Lipinski definition) is 1. The summed E-state index contributed by atoms with van der Waals surface area (Å²) in [5, 5.41) is 11.1. The smallest absolute Gasteiger partial charge is 0.345 e. The number of hydrogen-bond acceptors (Lipinski definition) is 11. The van der Waals surface area contributed by atoms with Gasteiger partial charge in [0.2, 0.25) is 12.0 Å². The first-order valence-electron chi connectivity index (χ1n) is 17.2. The largest absolute Gasteiger partial charge is 0.496 e. The fourth-order valence-corrected chi connectivity index (χ4v) is 7.26. The number of aromatic nitrogens is 4. The lowest BCUT2D eigenvalue weighted by Crippen LogP contribution is -2.30. The van der Waals surface area contributed by atoms with E-state index < -0.39 is 12.1 Å². The normalized spacial score (nSPS) is 15.9. The topological polar surface area (TPSA) is 135 Å². The number of carboxylic acids is 1. The molecule has 14 heteroatoms. The molecule has 0 unspecified atom stereocenters. The van der Waals surface area contributed by atoms with E-state index in [9.17, 15) is 14.3 Å². The van der Waals surface area contributed by atoms with Crippen molar-refractivity contribution in [3.63, 3.8) is 0 Å². The maximum atomic E-state index is 14.0. The second-order valence-electron chi connectivity index (χ2n) is 12.2. The number of fused-ring (bicyclic) bond motifs is 2. The van der Waals surface area contributed by atoms with E-state index in [1.807, 2.05) is 24.3 Å². The van der Waals surface area contributed by atoms with Crippen molar-refractivity contribution in [1.82, 2.24) is 19.9 Å². The number of rotatable bonds is 7. The Bertz CT molecular complexity index is 2500. The molecule has 11 nitrogen and oxygen atoms in total. The fourth-order valence-electron chi connectivity index (χ4n) is 5.98. The van der Waals surface area contributed by atoms with Crippen LogP contribution in [0, 0.1) is 18.2 Å². The zero-order valence-corrected chi connectivity index (χ0v) is 31.3. The molecule has 3 aromatic heterocycles. The Balaban J connectivity index is 1.26. The van der Waals surface area contributed by atoms with Gasteiger partial charge < -0.3 is 28.8 Å². The second-order valence-corrected chi connectivity index (χ2v) is 13.6. The summed E-state index contributed by atoms with van der Waals surface area (Å²) in [7, 11) is 1.58. The number of methoxy groups -OCH3 is 1. The first-order chi connectivity index (χ1) is 27.3. The summed E-state index contributed by atoms with van der Waals surface area (Å²) in [5.41, 5.74) is 3.23. The molecule has 0 saturated heterocycles. The lowest BCUT2D eigenvalue weighted by Gasteiger charge is -2.19. The van der Waals surface area contributed by atoms with Crippen LogP contribution in [0.25, 0.3) is 32.0 Å². The van der Waals surface area contributed by atoms with E-state index in [0.29, 0.717) is 44.5 Å². The molecule has 4 heterocycles. The Morgan fingerprint density at radius 1 is 1.05 bits per heavy atom. The minimum atomic E-state index is -1.41. The average Bonchev–Trinajstić information content (AvgIpc) is 3.59. The summed E-state index contributed by atoms with van der Waals surface area (Å²) in [6, 6.07) is 20.3. The minimum absolute atomic E-state index is 0.0410. The molecule has 0 spiro atoms. The Morgan fingerprint density at radius 2 is 1.88 bits per heavy atom. The number of ether oxygens (including phenoxy) is 5. The maximum Gasteiger partial charge on any atom is 0.345 e. The zero-order chi connectivity index (χ0) is 39.0. The molecule has 0 radical (unpaired) electrons. The Kier molecular flexibility index (Phi) is 11.7. The number of para-hydroxylation sites is 1. The van der Waals surface area contributed by atoms with Crippen molar-refractivity contribution in [1.29, 1.82) is 0 Å². The van der Waals surface area contributed by atoms with E-state index in [0.717, 1.165) is 21.6 Å². The van der Waals surface area contributed by atoms with Crippen molar-refractivity contribution >= 4 is 39.1 Å². The van der Waals surface area contributed by atoms with Gasteiger partial charge in [-0.2, -0.15) is 0 Å². The molecule has 6 aromatic rings. The van der Waals surface area contributed by atoms with E-state index >= 15 is 0 Å². The van der Waals surface area contributed by atoms with Crippen molar-refractivity contribution < 1.29 is 38.0 Å². The van der Waals surface area contributed by atoms with Crippen molar-refractivity contribution in [2.45, 2.75) is 25.6 Å². The van der Waals surface area contributed by atoms with Crippen LogP contribution in [0.15, 0.2) is 108 Å². The molecule has 7 rings (SSSR count). The molecular weight excluding hydrogens is 759 g/mol. The van der Waals surface area contributed by atoms with Crippen LogP contribution < -0.4 is 18.9 Å². The summed E-state index contributed by atoms with van der Waals surface area (Å²) in [6.07, 6.45) is 10.8. The van der Waals surface area contributed by atoms with E-state index in [4.69, 9.17) is 41.7 Å². The Morgan fingerprint density at radius 3 is 2.68 bits per heavy atom. The first-order valence-corrected chi connectivity index (χ1v) is 18.4. The van der Waals surface area contributed by atoms with E-state index in [-0.39, 0.29) is 55.2 Å². The average molecular weight is 791 g/mol. The molecule has 282 valence electrons. The quantitative estimate of drug-likeness (QED) is 0.157. The lowest BCUT2D eigenvalue weighted by molar-refractivity contribution is -0.145. The molecule has 3 aromatic carbocycles. The standard InChI is InChI=1S/C42H32ClFN4O7S/c1-3-32(43)35-10-6-8-31-37-40(46-24-47-41(37)56-38(31)25-11-13-27(44)14-12-25)55-36(42(49)50)22-26-21-29(52-19-20-53-35)15-16-33(26)54-23-28-17-18-45-39(48-28)30-7-4-5-9-34(30)51-2/h1,4-7,9-18,21,24,36H,8,19-20,22-23H2,2H3,(H,49,50)/b10-6-,35-32-/t36-/m1/s1. The highest BCUT2D eigenvalue weighted by Gasteiger charge is 2.27. The van der Waals surface area contributed by atoms with Gasteiger partial charge in [0.1, 0.15) is 64.8 Å². The molecule has 2 bridgehead atoms. The monoisotopic (exact) mass is 790 g/mol. The lowest BCUT2D eigenvalue weighted by atomic mass is 10.0. The number of benzene rings is 3. The highest BCUT2D eigenvalue weighted by Crippen LogP contribution is 2.42. The zero-order valence-electron chi connectivity index (χ0n) is 29.8. The second kappa shape index (κ2) is 17.3. The molecule has 1 aliphatic rings. The number of nitrogens with zero attached hydrogens (tertiary/aromatic N) is 4. The van der Waals surface area contributed by atoms with Crippen molar-refractivity contribution in [2.75, 3.05) is 20.3 Å². The van der Waals surface area contributed by atoms with Crippen molar-refractivity contribution in [3.05, 3.63) is 131 Å². The number of thiophene rings is 1. The third kappa shape index (κ3) is 8.57. The van der Waals surface area contributed by atoms with Crippen LogP contribution in [0.2, 0.25) is 0 Å². The predicted molar refractivity (Wildman–Crippen MR) is 209 cm³/mol. The summed E-state index contributed by atoms with van der Waals surface area (Å²) >= 11 is 7.71. The van der Waals surface area contributed by atoms with Gasteiger partial charge in [0.05, 0.1) is 23.8 Å². The molecule has 0 amide bonds. The molecule has 0 fully saturated rings. The number of carbonyl (C=O) groups is 1. The number of halogens is 2. The van der Waals surface area contributed by atoms with Gasteiger partial charge in [-0.1, -0.05) is 47.9 Å². The van der Waals surface area contributed by atoms with E-state index in [1.165, 1.54) is 29.8 Å². The van der Waals surface area contributed by atoms with Crippen LogP contribution in [0.1, 0.15) is 16.8 Å². The van der Waals surface area contributed by atoms with Crippen LogP contribution in [0.4, 0.5) is 4.39 Å². The highest BCUT2D eigenvalue weighted by atomic mass is 35.5. The predicted octanol–water partition coefficient (Wildman–Crippen LogP) is 8.21. The summed E-state index contributed by atoms with van der Waals surface area (Å²) in [4.78, 5) is 32.2. The third-order valence-electron chi connectivity index (χ3n) is 8.61. The summed E-state index contributed by atoms with van der Waals surface area (Å²) < 4.78 is 43.9. The van der Waals surface area contributed by atoms with Crippen LogP contribution in [0.5, 0.6) is 23.1 Å². The SMILES string of the molecule is C#C/C(Cl)=C1\C=C/Cc2c(-c3ccc(F)cc3)sc3ncnc(c23)O[C@@H](C(=O)O)Cc2cc(ccc2OCc2ccnc(-c3ccccc3OC)n2)OCCO1. The van der Waals surface area contributed by atoms with Crippen molar-refractivity contribution in [3.8, 4) is 57.3 Å². The minimum Gasteiger partial charge on any atom is -0.496 e.